The van der Waals surface area contributed by atoms with Crippen LogP contribution in [-0.2, 0) is 0 Å². The van der Waals surface area contributed by atoms with Crippen molar-refractivity contribution in [3.8, 4) is 0 Å². The van der Waals surface area contributed by atoms with E-state index in [9.17, 15) is 4.79 Å². The minimum atomic E-state index is -0.0325. The first-order valence-corrected chi connectivity index (χ1v) is 8.03. The standard InChI is InChI=1S/C14H19N3OS/c15-13-16-11(7-19-13)12(18)17-14-4-8-1-9(5-14)3-10(2-8)6-14/h7-10H,1-6H2,(H2,15,16)(H,17,18). The van der Waals surface area contributed by atoms with Crippen LogP contribution in [0.2, 0.25) is 0 Å². The molecule has 4 nitrogen and oxygen atoms in total. The van der Waals surface area contributed by atoms with E-state index < -0.39 is 0 Å². The number of carbonyl (C=O) groups is 1. The van der Waals surface area contributed by atoms with E-state index in [1.807, 2.05) is 0 Å². The lowest BCUT2D eigenvalue weighted by molar-refractivity contribution is -0.0167. The third-order valence-corrected chi connectivity index (χ3v) is 5.85. The number of nitrogens with zero attached hydrogens (tertiary/aromatic N) is 1. The van der Waals surface area contributed by atoms with Gasteiger partial charge >= 0.3 is 0 Å². The highest BCUT2D eigenvalue weighted by molar-refractivity contribution is 7.13. The van der Waals surface area contributed by atoms with Crippen LogP contribution >= 0.6 is 11.3 Å². The number of rotatable bonds is 2. The molecule has 4 bridgehead atoms. The van der Waals surface area contributed by atoms with Crippen LogP contribution in [0.5, 0.6) is 0 Å². The van der Waals surface area contributed by atoms with Gasteiger partial charge in [0, 0.05) is 10.9 Å². The Morgan fingerprint density at radius 1 is 1.26 bits per heavy atom. The highest BCUT2D eigenvalue weighted by atomic mass is 32.1. The smallest absolute Gasteiger partial charge is 0.271 e. The average molecular weight is 277 g/mol. The van der Waals surface area contributed by atoms with Gasteiger partial charge in [-0.2, -0.15) is 0 Å². The third kappa shape index (κ3) is 1.95. The van der Waals surface area contributed by atoms with Crippen LogP contribution in [0.15, 0.2) is 5.38 Å². The minimum Gasteiger partial charge on any atom is -0.375 e. The third-order valence-electron chi connectivity index (χ3n) is 5.17. The molecule has 1 aromatic heterocycles. The maximum absolute atomic E-state index is 12.3. The van der Waals surface area contributed by atoms with Gasteiger partial charge in [-0.05, 0) is 56.3 Å². The van der Waals surface area contributed by atoms with E-state index in [1.54, 1.807) is 5.38 Å². The fourth-order valence-electron chi connectivity index (χ4n) is 4.96. The zero-order chi connectivity index (χ0) is 13.0. The van der Waals surface area contributed by atoms with E-state index in [2.05, 4.69) is 10.3 Å². The topological polar surface area (TPSA) is 68.0 Å². The van der Waals surface area contributed by atoms with Gasteiger partial charge in [-0.1, -0.05) is 0 Å². The summed E-state index contributed by atoms with van der Waals surface area (Å²) < 4.78 is 0. The number of nitrogens with one attached hydrogen (secondary N) is 1. The summed E-state index contributed by atoms with van der Waals surface area (Å²) >= 11 is 1.33. The molecule has 4 fully saturated rings. The first-order chi connectivity index (χ1) is 9.12. The van der Waals surface area contributed by atoms with E-state index in [1.165, 1.54) is 49.9 Å². The molecule has 19 heavy (non-hydrogen) atoms. The zero-order valence-electron chi connectivity index (χ0n) is 10.9. The number of carbonyl (C=O) groups excluding carboxylic acids is 1. The van der Waals surface area contributed by atoms with Gasteiger partial charge in [-0.15, -0.1) is 11.3 Å². The SMILES string of the molecule is Nc1nc(C(=O)NC23CC4CC(CC(C4)C2)C3)cs1. The van der Waals surface area contributed by atoms with Crippen LogP contribution in [0.25, 0.3) is 0 Å². The van der Waals surface area contributed by atoms with Crippen LogP contribution < -0.4 is 11.1 Å². The minimum absolute atomic E-state index is 0.0325. The Kier molecular flexibility index (Phi) is 2.43. The Hall–Kier alpha value is -1.10. The fraction of sp³-hybridized carbons (Fsp3) is 0.714. The fourth-order valence-corrected chi connectivity index (χ4v) is 5.50. The van der Waals surface area contributed by atoms with Crippen LogP contribution in [-0.4, -0.2) is 16.4 Å². The molecular weight excluding hydrogens is 258 g/mol. The lowest BCUT2D eigenvalue weighted by Gasteiger charge is -2.56. The Bertz CT molecular complexity index is 489. The molecule has 0 aliphatic heterocycles. The highest BCUT2D eigenvalue weighted by Crippen LogP contribution is 2.55. The molecule has 102 valence electrons. The lowest BCUT2D eigenvalue weighted by Crippen LogP contribution is -2.59. The van der Waals surface area contributed by atoms with Crippen LogP contribution in [0.3, 0.4) is 0 Å². The molecule has 5 heteroatoms. The second-order valence-corrected chi connectivity index (χ2v) is 7.61. The second kappa shape index (κ2) is 3.95. The maximum atomic E-state index is 12.3. The molecule has 4 aliphatic rings. The Balaban J connectivity index is 1.54. The lowest BCUT2D eigenvalue weighted by atomic mass is 9.53. The summed E-state index contributed by atoms with van der Waals surface area (Å²) in [7, 11) is 0. The van der Waals surface area contributed by atoms with Crippen molar-refractivity contribution >= 4 is 22.4 Å². The van der Waals surface area contributed by atoms with E-state index in [4.69, 9.17) is 5.73 Å². The van der Waals surface area contributed by atoms with Gasteiger partial charge in [-0.25, -0.2) is 4.98 Å². The van der Waals surface area contributed by atoms with Crippen molar-refractivity contribution in [2.45, 2.75) is 44.1 Å². The maximum Gasteiger partial charge on any atom is 0.271 e. The van der Waals surface area contributed by atoms with Crippen molar-refractivity contribution in [3.63, 3.8) is 0 Å². The van der Waals surface area contributed by atoms with E-state index >= 15 is 0 Å². The first kappa shape index (κ1) is 11.7. The van der Waals surface area contributed by atoms with E-state index in [0.717, 1.165) is 17.8 Å². The molecule has 1 aromatic rings. The number of aromatic nitrogens is 1. The van der Waals surface area contributed by atoms with Crippen molar-refractivity contribution < 1.29 is 4.79 Å². The molecule has 1 heterocycles. The second-order valence-electron chi connectivity index (χ2n) is 6.72. The number of hydrogen-bond donors (Lipinski definition) is 2. The summed E-state index contributed by atoms with van der Waals surface area (Å²) in [5, 5.41) is 5.53. The van der Waals surface area contributed by atoms with Crippen molar-refractivity contribution in [1.82, 2.24) is 10.3 Å². The van der Waals surface area contributed by atoms with Gasteiger partial charge in [0.05, 0.1) is 0 Å². The van der Waals surface area contributed by atoms with Gasteiger partial charge in [0.15, 0.2) is 5.13 Å². The van der Waals surface area contributed by atoms with Gasteiger partial charge in [-0.3, -0.25) is 4.79 Å². The van der Waals surface area contributed by atoms with Crippen LogP contribution in [0, 0.1) is 17.8 Å². The van der Waals surface area contributed by atoms with E-state index in [-0.39, 0.29) is 11.4 Å². The molecule has 4 aliphatic carbocycles. The summed E-state index contributed by atoms with van der Waals surface area (Å²) in [5.41, 5.74) is 6.15. The van der Waals surface area contributed by atoms with Gasteiger partial charge in [0.25, 0.3) is 5.91 Å². The molecule has 5 rings (SSSR count). The number of hydrogen-bond acceptors (Lipinski definition) is 4. The number of amides is 1. The summed E-state index contributed by atoms with van der Waals surface area (Å²) in [6, 6.07) is 0. The molecule has 3 N–H and O–H groups in total. The number of anilines is 1. The predicted octanol–water partition coefficient (Wildman–Crippen LogP) is 2.42. The highest BCUT2D eigenvalue weighted by Gasteiger charge is 2.51. The number of thiazole rings is 1. The molecule has 0 unspecified atom stereocenters. The molecule has 0 atom stereocenters. The summed E-state index contributed by atoms with van der Waals surface area (Å²) in [6.45, 7) is 0. The molecule has 0 radical (unpaired) electrons. The zero-order valence-corrected chi connectivity index (χ0v) is 11.7. The van der Waals surface area contributed by atoms with Crippen molar-refractivity contribution in [3.05, 3.63) is 11.1 Å². The Morgan fingerprint density at radius 3 is 2.32 bits per heavy atom. The molecule has 1 amide bonds. The summed E-state index contributed by atoms with van der Waals surface area (Å²) in [6.07, 6.45) is 7.68. The molecule has 0 aromatic carbocycles. The summed E-state index contributed by atoms with van der Waals surface area (Å²) in [5.74, 6) is 2.49. The van der Waals surface area contributed by atoms with Gasteiger partial charge in [0.1, 0.15) is 5.69 Å². The molecule has 0 saturated heterocycles. The van der Waals surface area contributed by atoms with Crippen LogP contribution in [0.1, 0.15) is 49.0 Å². The monoisotopic (exact) mass is 277 g/mol. The van der Waals surface area contributed by atoms with Crippen LogP contribution in [0.4, 0.5) is 5.13 Å². The first-order valence-electron chi connectivity index (χ1n) is 7.15. The number of nitrogens with two attached hydrogens (primary N) is 1. The Morgan fingerprint density at radius 2 is 1.84 bits per heavy atom. The molecule has 4 saturated carbocycles. The van der Waals surface area contributed by atoms with Crippen molar-refractivity contribution in [1.29, 1.82) is 0 Å². The predicted molar refractivity (Wildman–Crippen MR) is 74.9 cm³/mol. The average Bonchev–Trinajstić information content (AvgIpc) is 2.73. The van der Waals surface area contributed by atoms with Gasteiger partial charge < -0.3 is 11.1 Å². The Labute approximate surface area is 116 Å². The largest absolute Gasteiger partial charge is 0.375 e. The molecular formula is C14H19N3OS. The number of nitrogen functional groups attached to an aromatic ring is 1. The van der Waals surface area contributed by atoms with E-state index in [0.29, 0.717) is 10.8 Å². The molecule has 0 spiro atoms. The van der Waals surface area contributed by atoms with Crippen molar-refractivity contribution in [2.24, 2.45) is 17.8 Å². The van der Waals surface area contributed by atoms with Gasteiger partial charge in [0.2, 0.25) is 0 Å². The summed E-state index contributed by atoms with van der Waals surface area (Å²) in [4.78, 5) is 16.4. The quantitative estimate of drug-likeness (QED) is 0.872. The normalized spacial score (nSPS) is 39.5. The van der Waals surface area contributed by atoms with Crippen molar-refractivity contribution in [2.75, 3.05) is 5.73 Å².